The molecule has 2 amide bonds. The molecule has 4 nitrogen and oxygen atoms in total. The van der Waals surface area contributed by atoms with E-state index in [1.54, 1.807) is 13.1 Å². The van der Waals surface area contributed by atoms with Crippen LogP contribution in [0.15, 0.2) is 48.5 Å². The number of benzene rings is 2. The molecule has 29 heavy (non-hydrogen) atoms. The minimum absolute atomic E-state index is 0.0325. The Morgan fingerprint density at radius 3 is 2.48 bits per heavy atom. The molecule has 5 heteroatoms. The lowest BCUT2D eigenvalue weighted by atomic mass is 9.73. The molecule has 1 N–H and O–H groups in total. The molecule has 2 aromatic carbocycles. The van der Waals surface area contributed by atoms with E-state index in [2.05, 4.69) is 5.32 Å². The molecule has 0 saturated carbocycles. The molecule has 1 saturated heterocycles. The van der Waals surface area contributed by atoms with Gasteiger partial charge in [-0.05, 0) is 48.1 Å². The second kappa shape index (κ2) is 8.76. The Kier molecular flexibility index (Phi) is 6.36. The minimum atomic E-state index is -0.655. The number of halogens is 1. The molecule has 1 aliphatic rings. The molecular formula is C24H29FN2O2. The third-order valence-corrected chi connectivity index (χ3v) is 5.72. The molecule has 0 aromatic heterocycles. The van der Waals surface area contributed by atoms with E-state index in [-0.39, 0.29) is 23.5 Å². The lowest BCUT2D eigenvalue weighted by molar-refractivity contribution is -0.143. The number of hydrogen-bond acceptors (Lipinski definition) is 2. The fourth-order valence-electron chi connectivity index (χ4n) is 4.28. The van der Waals surface area contributed by atoms with Crippen molar-refractivity contribution in [3.63, 3.8) is 0 Å². The average molecular weight is 397 g/mol. The summed E-state index contributed by atoms with van der Waals surface area (Å²) in [6, 6.07) is 14.4. The van der Waals surface area contributed by atoms with Crippen LogP contribution in [0.2, 0.25) is 0 Å². The van der Waals surface area contributed by atoms with Crippen molar-refractivity contribution in [3.05, 3.63) is 59.9 Å². The van der Waals surface area contributed by atoms with Gasteiger partial charge in [-0.3, -0.25) is 9.59 Å². The van der Waals surface area contributed by atoms with Gasteiger partial charge in [-0.1, -0.05) is 50.2 Å². The SMILES string of the molecule is CNC(=O)[C@@]1(Cc2cccc(-c3cccc(F)c3)c2)CCCN(C(=O)C(C)C)C1. The second-order valence-corrected chi connectivity index (χ2v) is 8.27. The average Bonchev–Trinajstić information content (AvgIpc) is 2.72. The summed E-state index contributed by atoms with van der Waals surface area (Å²) < 4.78 is 13.6. The van der Waals surface area contributed by atoms with Gasteiger partial charge in [0.15, 0.2) is 0 Å². The van der Waals surface area contributed by atoms with Gasteiger partial charge < -0.3 is 10.2 Å². The van der Waals surface area contributed by atoms with E-state index < -0.39 is 5.41 Å². The third-order valence-electron chi connectivity index (χ3n) is 5.72. The number of nitrogens with one attached hydrogen (secondary N) is 1. The zero-order chi connectivity index (χ0) is 21.0. The molecule has 0 aliphatic carbocycles. The molecule has 1 atom stereocenters. The summed E-state index contributed by atoms with van der Waals surface area (Å²) in [7, 11) is 1.65. The summed E-state index contributed by atoms with van der Waals surface area (Å²) in [6.45, 7) is 4.90. The van der Waals surface area contributed by atoms with Crippen molar-refractivity contribution in [2.24, 2.45) is 11.3 Å². The zero-order valence-corrected chi connectivity index (χ0v) is 17.4. The van der Waals surface area contributed by atoms with E-state index in [0.29, 0.717) is 19.5 Å². The van der Waals surface area contributed by atoms with Crippen molar-refractivity contribution in [1.29, 1.82) is 0 Å². The summed E-state index contributed by atoms with van der Waals surface area (Å²) in [6.07, 6.45) is 2.08. The monoisotopic (exact) mass is 396 g/mol. The maximum atomic E-state index is 13.6. The summed E-state index contributed by atoms with van der Waals surface area (Å²) >= 11 is 0. The second-order valence-electron chi connectivity index (χ2n) is 8.27. The smallest absolute Gasteiger partial charge is 0.228 e. The van der Waals surface area contributed by atoms with Gasteiger partial charge in [0.1, 0.15) is 5.82 Å². The van der Waals surface area contributed by atoms with Crippen LogP contribution in [-0.4, -0.2) is 36.9 Å². The first-order valence-corrected chi connectivity index (χ1v) is 10.2. The van der Waals surface area contributed by atoms with Crippen LogP contribution in [0.1, 0.15) is 32.3 Å². The van der Waals surface area contributed by atoms with Crippen LogP contribution in [-0.2, 0) is 16.0 Å². The van der Waals surface area contributed by atoms with Crippen LogP contribution in [0.3, 0.4) is 0 Å². The summed E-state index contributed by atoms with van der Waals surface area (Å²) in [5.74, 6) is -0.307. The Hall–Kier alpha value is -2.69. The van der Waals surface area contributed by atoms with E-state index in [1.165, 1.54) is 12.1 Å². The molecular weight excluding hydrogens is 367 g/mol. The molecule has 3 rings (SSSR count). The number of amides is 2. The number of hydrogen-bond donors (Lipinski definition) is 1. The maximum Gasteiger partial charge on any atom is 0.228 e. The van der Waals surface area contributed by atoms with Crippen molar-refractivity contribution in [2.75, 3.05) is 20.1 Å². The van der Waals surface area contributed by atoms with Gasteiger partial charge >= 0.3 is 0 Å². The van der Waals surface area contributed by atoms with Crippen LogP contribution in [0, 0.1) is 17.2 Å². The fourth-order valence-corrected chi connectivity index (χ4v) is 4.28. The van der Waals surface area contributed by atoms with Gasteiger partial charge in [-0.25, -0.2) is 4.39 Å². The number of nitrogens with zero attached hydrogens (tertiary/aromatic N) is 1. The predicted molar refractivity (Wildman–Crippen MR) is 113 cm³/mol. The van der Waals surface area contributed by atoms with Crippen LogP contribution < -0.4 is 5.32 Å². The Labute approximate surface area is 172 Å². The lowest BCUT2D eigenvalue weighted by Gasteiger charge is -2.42. The normalized spacial score (nSPS) is 19.3. The molecule has 0 unspecified atom stereocenters. The van der Waals surface area contributed by atoms with Crippen LogP contribution in [0.4, 0.5) is 4.39 Å². The van der Waals surface area contributed by atoms with Gasteiger partial charge in [0.2, 0.25) is 11.8 Å². The van der Waals surface area contributed by atoms with Crippen LogP contribution >= 0.6 is 0 Å². The number of carbonyl (C=O) groups excluding carboxylic acids is 2. The summed E-state index contributed by atoms with van der Waals surface area (Å²) in [5.41, 5.74) is 2.08. The predicted octanol–water partition coefficient (Wildman–Crippen LogP) is 4.05. The molecule has 154 valence electrons. The largest absolute Gasteiger partial charge is 0.359 e. The summed E-state index contributed by atoms with van der Waals surface area (Å²) in [5, 5.41) is 2.81. The Morgan fingerprint density at radius 1 is 1.14 bits per heavy atom. The van der Waals surface area contributed by atoms with Crippen LogP contribution in [0.5, 0.6) is 0 Å². The number of carbonyl (C=O) groups is 2. The first-order chi connectivity index (χ1) is 13.8. The number of likely N-dealkylation sites (tertiary alicyclic amines) is 1. The molecule has 0 spiro atoms. The van der Waals surface area contributed by atoms with E-state index >= 15 is 0 Å². The van der Waals surface area contributed by atoms with Crippen molar-refractivity contribution in [2.45, 2.75) is 33.1 Å². The highest BCUT2D eigenvalue weighted by molar-refractivity contribution is 5.85. The van der Waals surface area contributed by atoms with E-state index in [9.17, 15) is 14.0 Å². The van der Waals surface area contributed by atoms with Crippen molar-refractivity contribution >= 4 is 11.8 Å². The Morgan fingerprint density at radius 2 is 1.83 bits per heavy atom. The molecule has 0 radical (unpaired) electrons. The third kappa shape index (κ3) is 4.66. The van der Waals surface area contributed by atoms with Gasteiger partial charge in [0, 0.05) is 26.1 Å². The van der Waals surface area contributed by atoms with Crippen LogP contribution in [0.25, 0.3) is 11.1 Å². The number of piperidine rings is 1. The highest BCUT2D eigenvalue weighted by Crippen LogP contribution is 2.35. The zero-order valence-electron chi connectivity index (χ0n) is 17.4. The van der Waals surface area contributed by atoms with Gasteiger partial charge in [-0.15, -0.1) is 0 Å². The molecule has 0 bridgehead atoms. The number of rotatable bonds is 5. The van der Waals surface area contributed by atoms with Crippen molar-refractivity contribution in [3.8, 4) is 11.1 Å². The van der Waals surface area contributed by atoms with Crippen molar-refractivity contribution < 1.29 is 14.0 Å². The minimum Gasteiger partial charge on any atom is -0.359 e. The van der Waals surface area contributed by atoms with Gasteiger partial charge in [0.05, 0.1) is 5.41 Å². The van der Waals surface area contributed by atoms with E-state index in [4.69, 9.17) is 0 Å². The summed E-state index contributed by atoms with van der Waals surface area (Å²) in [4.78, 5) is 27.3. The quantitative estimate of drug-likeness (QED) is 0.829. The van der Waals surface area contributed by atoms with E-state index in [0.717, 1.165) is 29.5 Å². The van der Waals surface area contributed by atoms with E-state index in [1.807, 2.05) is 49.1 Å². The molecule has 1 aliphatic heterocycles. The maximum absolute atomic E-state index is 13.6. The lowest BCUT2D eigenvalue weighted by Crippen LogP contribution is -2.54. The topological polar surface area (TPSA) is 49.4 Å². The first kappa shape index (κ1) is 21.0. The first-order valence-electron chi connectivity index (χ1n) is 10.2. The molecule has 2 aromatic rings. The fraction of sp³-hybridized carbons (Fsp3) is 0.417. The standard InChI is InChI=1S/C24H29FN2O2/c1-17(2)22(28)27-12-6-11-24(16-27,23(29)26-3)15-18-7-4-8-19(13-18)20-9-5-10-21(25)14-20/h4-5,7-10,13-14,17H,6,11-12,15-16H2,1-3H3,(H,26,29)/t24-/m1/s1. The molecule has 1 fully saturated rings. The Balaban J connectivity index is 1.90. The van der Waals surface area contributed by atoms with Gasteiger partial charge in [0.25, 0.3) is 0 Å². The highest BCUT2D eigenvalue weighted by Gasteiger charge is 2.43. The molecule has 1 heterocycles. The highest BCUT2D eigenvalue weighted by atomic mass is 19.1. The van der Waals surface area contributed by atoms with Gasteiger partial charge in [-0.2, -0.15) is 0 Å². The Bertz CT molecular complexity index is 896. The van der Waals surface area contributed by atoms with Crippen molar-refractivity contribution in [1.82, 2.24) is 10.2 Å².